The van der Waals surface area contributed by atoms with Gasteiger partial charge in [0.15, 0.2) is 0 Å². The molecule has 1 heterocycles. The van der Waals surface area contributed by atoms with Gasteiger partial charge in [0.25, 0.3) is 0 Å². The Bertz CT molecular complexity index is 788. The number of aryl methyl sites for hydroxylation is 1. The van der Waals surface area contributed by atoms with Crippen LogP contribution in [-0.2, 0) is 0 Å². The summed E-state index contributed by atoms with van der Waals surface area (Å²) in [7, 11) is 0. The van der Waals surface area contributed by atoms with Gasteiger partial charge in [-0.1, -0.05) is 27.5 Å². The molecule has 6 heteroatoms. The largest absolute Gasteiger partial charge is 0.397 e. The van der Waals surface area contributed by atoms with Gasteiger partial charge in [0.1, 0.15) is 5.82 Å². The number of hydrogen-bond acceptors (Lipinski definition) is 2. The summed E-state index contributed by atoms with van der Waals surface area (Å²) in [5, 5.41) is 0.707. The standard InChI is InChI=1S/C14H10Br2ClN3/c1-6-2-11-12(5-10(6)17)20-14(19-11)8-3-7(15)4-9(16)13(8)18/h2-5H,18H2,1H3,(H,19,20). The van der Waals surface area contributed by atoms with Crippen LogP contribution >= 0.6 is 43.5 Å². The highest BCUT2D eigenvalue weighted by Crippen LogP contribution is 2.35. The maximum absolute atomic E-state index is 6.13. The highest BCUT2D eigenvalue weighted by Gasteiger charge is 2.12. The molecule has 3 aromatic rings. The molecule has 0 atom stereocenters. The summed E-state index contributed by atoms with van der Waals surface area (Å²) in [6.45, 7) is 1.96. The molecule has 0 unspecified atom stereocenters. The van der Waals surface area contributed by atoms with E-state index in [2.05, 4.69) is 41.8 Å². The lowest BCUT2D eigenvalue weighted by molar-refractivity contribution is 1.33. The Morgan fingerprint density at radius 2 is 1.95 bits per heavy atom. The van der Waals surface area contributed by atoms with Crippen LogP contribution in [-0.4, -0.2) is 9.97 Å². The van der Waals surface area contributed by atoms with Crippen LogP contribution in [0.2, 0.25) is 5.02 Å². The van der Waals surface area contributed by atoms with E-state index in [1.165, 1.54) is 0 Å². The molecule has 0 saturated carbocycles. The minimum Gasteiger partial charge on any atom is -0.397 e. The molecule has 0 saturated heterocycles. The van der Waals surface area contributed by atoms with Crippen molar-refractivity contribution < 1.29 is 0 Å². The first-order valence-corrected chi connectivity index (χ1v) is 7.83. The van der Waals surface area contributed by atoms with Crippen molar-refractivity contribution in [2.24, 2.45) is 0 Å². The average molecular weight is 416 g/mol. The number of nitrogens with zero attached hydrogens (tertiary/aromatic N) is 1. The highest BCUT2D eigenvalue weighted by molar-refractivity contribution is 9.11. The first-order chi connectivity index (χ1) is 9.45. The Balaban J connectivity index is 2.25. The van der Waals surface area contributed by atoms with E-state index in [0.29, 0.717) is 10.7 Å². The molecule has 0 radical (unpaired) electrons. The maximum atomic E-state index is 6.13. The first kappa shape index (κ1) is 13.9. The van der Waals surface area contributed by atoms with Gasteiger partial charge in [0.2, 0.25) is 0 Å². The second kappa shape index (κ2) is 5.06. The van der Waals surface area contributed by atoms with E-state index in [1.54, 1.807) is 0 Å². The van der Waals surface area contributed by atoms with E-state index in [-0.39, 0.29) is 0 Å². The molecule has 20 heavy (non-hydrogen) atoms. The highest BCUT2D eigenvalue weighted by atomic mass is 79.9. The molecular weight excluding hydrogens is 405 g/mol. The Kier molecular flexibility index (Phi) is 3.52. The average Bonchev–Trinajstić information content (AvgIpc) is 2.77. The summed E-state index contributed by atoms with van der Waals surface area (Å²) in [6, 6.07) is 7.68. The predicted octanol–water partition coefficient (Wildman–Crippen LogP) is 5.30. The third kappa shape index (κ3) is 2.34. The molecule has 0 aliphatic heterocycles. The summed E-state index contributed by atoms with van der Waals surface area (Å²) >= 11 is 13.0. The molecule has 3 nitrogen and oxygen atoms in total. The number of hydrogen-bond donors (Lipinski definition) is 2. The minimum absolute atomic E-state index is 0.648. The van der Waals surface area contributed by atoms with Gasteiger partial charge in [0, 0.05) is 19.5 Å². The van der Waals surface area contributed by atoms with E-state index < -0.39 is 0 Å². The van der Waals surface area contributed by atoms with Crippen molar-refractivity contribution in [2.45, 2.75) is 6.92 Å². The third-order valence-electron chi connectivity index (χ3n) is 3.11. The normalized spacial score (nSPS) is 11.2. The number of fused-ring (bicyclic) bond motifs is 1. The zero-order valence-electron chi connectivity index (χ0n) is 10.5. The van der Waals surface area contributed by atoms with Gasteiger partial charge < -0.3 is 10.7 Å². The van der Waals surface area contributed by atoms with Crippen LogP contribution in [0.25, 0.3) is 22.4 Å². The summed E-state index contributed by atoms with van der Waals surface area (Å²) in [5.41, 5.74) is 10.4. The van der Waals surface area contributed by atoms with Crippen molar-refractivity contribution in [2.75, 3.05) is 5.73 Å². The summed E-state index contributed by atoms with van der Waals surface area (Å²) in [6.07, 6.45) is 0. The third-order valence-corrected chi connectivity index (χ3v) is 4.63. The van der Waals surface area contributed by atoms with Crippen LogP contribution in [0.15, 0.2) is 33.2 Å². The summed E-state index contributed by atoms with van der Waals surface area (Å²) < 4.78 is 1.76. The van der Waals surface area contributed by atoms with Crippen LogP contribution in [0.1, 0.15) is 5.56 Å². The molecule has 0 amide bonds. The number of halogens is 3. The number of benzene rings is 2. The van der Waals surface area contributed by atoms with Crippen LogP contribution in [0, 0.1) is 6.92 Å². The Morgan fingerprint density at radius 3 is 2.70 bits per heavy atom. The second-order valence-corrected chi connectivity index (χ2v) is 6.73. The predicted molar refractivity (Wildman–Crippen MR) is 91.1 cm³/mol. The van der Waals surface area contributed by atoms with E-state index in [1.807, 2.05) is 31.2 Å². The number of rotatable bonds is 1. The molecule has 3 N–H and O–H groups in total. The number of aromatic amines is 1. The molecule has 0 fully saturated rings. The van der Waals surface area contributed by atoms with Crippen molar-refractivity contribution >= 4 is 60.2 Å². The lowest BCUT2D eigenvalue weighted by atomic mass is 10.2. The zero-order valence-corrected chi connectivity index (χ0v) is 14.4. The van der Waals surface area contributed by atoms with Crippen LogP contribution in [0.3, 0.4) is 0 Å². The van der Waals surface area contributed by atoms with Gasteiger partial charge in [-0.05, 0) is 52.7 Å². The number of imidazole rings is 1. The molecule has 102 valence electrons. The molecule has 1 aromatic heterocycles. The van der Waals surface area contributed by atoms with E-state index in [4.69, 9.17) is 17.3 Å². The summed E-state index contributed by atoms with van der Waals surface area (Å²) in [4.78, 5) is 7.85. The molecule has 0 aliphatic carbocycles. The van der Waals surface area contributed by atoms with Gasteiger partial charge in [0.05, 0.1) is 16.7 Å². The van der Waals surface area contributed by atoms with Crippen molar-refractivity contribution in [3.63, 3.8) is 0 Å². The Labute approximate surface area is 137 Å². The zero-order chi connectivity index (χ0) is 14.4. The first-order valence-electron chi connectivity index (χ1n) is 5.86. The summed E-state index contributed by atoms with van der Waals surface area (Å²) in [5.74, 6) is 0.723. The molecular formula is C14H10Br2ClN3. The van der Waals surface area contributed by atoms with E-state index in [9.17, 15) is 0 Å². The number of H-pyrrole nitrogens is 1. The SMILES string of the molecule is Cc1cc2[nH]c(-c3cc(Br)cc(Br)c3N)nc2cc1Cl. The quantitative estimate of drug-likeness (QED) is 0.530. The Hall–Kier alpha value is -1.04. The Morgan fingerprint density at radius 1 is 1.20 bits per heavy atom. The van der Waals surface area contributed by atoms with Crippen molar-refractivity contribution in [1.29, 1.82) is 0 Å². The molecule has 0 spiro atoms. The topological polar surface area (TPSA) is 54.7 Å². The van der Waals surface area contributed by atoms with Gasteiger partial charge in [-0.15, -0.1) is 0 Å². The number of anilines is 1. The van der Waals surface area contributed by atoms with Gasteiger partial charge in [-0.25, -0.2) is 4.98 Å². The monoisotopic (exact) mass is 413 g/mol. The fraction of sp³-hybridized carbons (Fsp3) is 0.0714. The van der Waals surface area contributed by atoms with Gasteiger partial charge in [-0.2, -0.15) is 0 Å². The lowest BCUT2D eigenvalue weighted by Crippen LogP contribution is -1.93. The number of nitrogen functional groups attached to an aromatic ring is 1. The van der Waals surface area contributed by atoms with Crippen LogP contribution < -0.4 is 5.73 Å². The molecule has 2 aromatic carbocycles. The van der Waals surface area contributed by atoms with Crippen molar-refractivity contribution in [1.82, 2.24) is 9.97 Å². The molecule has 0 bridgehead atoms. The second-order valence-electron chi connectivity index (χ2n) is 4.55. The molecule has 0 aliphatic rings. The number of nitrogens with two attached hydrogens (primary N) is 1. The van der Waals surface area contributed by atoms with Crippen LogP contribution in [0.4, 0.5) is 5.69 Å². The van der Waals surface area contributed by atoms with E-state index in [0.717, 1.165) is 36.9 Å². The fourth-order valence-corrected chi connectivity index (χ4v) is 3.43. The van der Waals surface area contributed by atoms with Crippen molar-refractivity contribution in [3.05, 3.63) is 43.8 Å². The molecule has 3 rings (SSSR count). The van der Waals surface area contributed by atoms with Crippen molar-refractivity contribution in [3.8, 4) is 11.4 Å². The minimum atomic E-state index is 0.648. The maximum Gasteiger partial charge on any atom is 0.140 e. The number of nitrogens with one attached hydrogen (secondary N) is 1. The van der Waals surface area contributed by atoms with E-state index >= 15 is 0 Å². The van der Waals surface area contributed by atoms with Gasteiger partial charge >= 0.3 is 0 Å². The lowest BCUT2D eigenvalue weighted by Gasteiger charge is -2.05. The smallest absolute Gasteiger partial charge is 0.140 e. The fourth-order valence-electron chi connectivity index (χ4n) is 2.05. The van der Waals surface area contributed by atoms with Gasteiger partial charge in [-0.3, -0.25) is 0 Å². The van der Waals surface area contributed by atoms with Crippen LogP contribution in [0.5, 0.6) is 0 Å². The number of aromatic nitrogens is 2.